The third kappa shape index (κ3) is 10.9. The molecule has 6 rings (SSSR count). The number of aliphatic carboxylic acids is 1. The Balaban J connectivity index is 1.37. The highest BCUT2D eigenvalue weighted by atomic mass is 16.6. The van der Waals surface area contributed by atoms with E-state index in [-0.39, 0.29) is 25.8 Å². The van der Waals surface area contributed by atoms with Crippen molar-refractivity contribution in [3.8, 4) is 28.5 Å². The fraction of sp³-hybridized carbons (Fsp3) is 0.432. The monoisotopic (exact) mass is 780 g/mol. The Kier molecular flexibility index (Phi) is 13.2. The van der Waals surface area contributed by atoms with Crippen molar-refractivity contribution in [3.63, 3.8) is 0 Å². The molecule has 3 amide bonds. The van der Waals surface area contributed by atoms with Crippen LogP contribution in [0.1, 0.15) is 71.3 Å². The van der Waals surface area contributed by atoms with Crippen LogP contribution in [0.25, 0.3) is 22.2 Å². The van der Waals surface area contributed by atoms with E-state index in [4.69, 9.17) is 23.9 Å². The molecule has 0 radical (unpaired) electrons. The van der Waals surface area contributed by atoms with Crippen molar-refractivity contribution in [1.82, 2.24) is 20.5 Å². The molecule has 13 heteroatoms. The van der Waals surface area contributed by atoms with Gasteiger partial charge in [0.15, 0.2) is 0 Å². The number of carboxylic acids is 1. The second-order valence-electron chi connectivity index (χ2n) is 15.6. The Labute approximate surface area is 333 Å². The molecule has 0 unspecified atom stereocenters. The number of nitrogens with one attached hydrogen (secondary N) is 2. The maximum Gasteiger partial charge on any atom is 0.408 e. The van der Waals surface area contributed by atoms with Gasteiger partial charge in [-0.05, 0) is 63.4 Å². The number of nitrogens with zero attached hydrogens (tertiary/aromatic N) is 2. The Bertz CT molecular complexity index is 2050. The molecule has 2 aliphatic rings. The van der Waals surface area contributed by atoms with Crippen molar-refractivity contribution in [2.24, 2.45) is 0 Å². The summed E-state index contributed by atoms with van der Waals surface area (Å²) in [6.07, 6.45) is 2.91. The third-order valence-electron chi connectivity index (χ3n) is 10.0. The van der Waals surface area contributed by atoms with Crippen LogP contribution in [0.4, 0.5) is 4.79 Å². The van der Waals surface area contributed by atoms with Crippen molar-refractivity contribution in [3.05, 3.63) is 84.4 Å². The summed E-state index contributed by atoms with van der Waals surface area (Å²) in [6.45, 7) is 5.66. The number of hydrogen-bond acceptors (Lipinski definition) is 9. The molecular formula is C44H52N4O9. The Hall–Kier alpha value is -5.85. The number of fused-ring (bicyclic) bond motifs is 4. The number of ether oxygens (including phenoxy) is 4. The largest absolute Gasteiger partial charge is 0.497 e. The number of rotatable bonds is 6. The normalized spacial score (nSPS) is 21.2. The van der Waals surface area contributed by atoms with E-state index in [1.54, 1.807) is 27.9 Å². The van der Waals surface area contributed by atoms with E-state index in [0.29, 0.717) is 46.9 Å². The number of aromatic nitrogens is 1. The van der Waals surface area contributed by atoms with Gasteiger partial charge in [-0.2, -0.15) is 0 Å². The molecule has 4 atom stereocenters. The average Bonchev–Trinajstić information content (AvgIpc) is 3.60. The first-order valence-electron chi connectivity index (χ1n) is 19.6. The van der Waals surface area contributed by atoms with E-state index in [0.717, 1.165) is 36.8 Å². The molecule has 13 nitrogen and oxygen atoms in total. The summed E-state index contributed by atoms with van der Waals surface area (Å²) >= 11 is 0. The zero-order chi connectivity index (χ0) is 40.5. The van der Waals surface area contributed by atoms with Crippen LogP contribution < -0.4 is 24.8 Å². The lowest BCUT2D eigenvalue weighted by molar-refractivity contribution is -0.144. The van der Waals surface area contributed by atoms with Crippen molar-refractivity contribution >= 4 is 34.8 Å². The highest BCUT2D eigenvalue weighted by molar-refractivity contribution is 5.94. The average molecular weight is 781 g/mol. The van der Waals surface area contributed by atoms with Crippen LogP contribution in [0, 0.1) is 0 Å². The number of hydrogen-bond donors (Lipinski definition) is 3. The van der Waals surface area contributed by atoms with E-state index in [1.807, 2.05) is 78.9 Å². The highest BCUT2D eigenvalue weighted by Crippen LogP contribution is 2.35. The van der Waals surface area contributed by atoms with Gasteiger partial charge in [0, 0.05) is 35.9 Å². The molecule has 302 valence electrons. The first-order valence-corrected chi connectivity index (χ1v) is 19.6. The lowest BCUT2D eigenvalue weighted by atomic mass is 10.0. The summed E-state index contributed by atoms with van der Waals surface area (Å²) in [5, 5.41) is 16.3. The molecule has 3 N–H and O–H groups in total. The van der Waals surface area contributed by atoms with Gasteiger partial charge in [-0.15, -0.1) is 0 Å². The molecular weight excluding hydrogens is 729 g/mol. The van der Waals surface area contributed by atoms with Gasteiger partial charge in [0.25, 0.3) is 0 Å². The van der Waals surface area contributed by atoms with Gasteiger partial charge in [0.05, 0.1) is 31.5 Å². The number of carbonyl (C=O) groups is 4. The topological polar surface area (TPSA) is 166 Å². The van der Waals surface area contributed by atoms with E-state index in [1.165, 1.54) is 4.90 Å². The van der Waals surface area contributed by atoms with E-state index in [2.05, 4.69) is 10.6 Å². The molecule has 57 heavy (non-hydrogen) atoms. The zero-order valence-corrected chi connectivity index (χ0v) is 33.0. The second-order valence-corrected chi connectivity index (χ2v) is 15.6. The first kappa shape index (κ1) is 40.8. The molecule has 4 aromatic rings. The van der Waals surface area contributed by atoms with Crippen LogP contribution in [-0.4, -0.2) is 89.0 Å². The predicted molar refractivity (Wildman–Crippen MR) is 214 cm³/mol. The summed E-state index contributed by atoms with van der Waals surface area (Å²) in [5.74, 6) is -0.557. The molecule has 0 spiro atoms. The summed E-state index contributed by atoms with van der Waals surface area (Å²) in [6, 6.07) is 20.9. The summed E-state index contributed by atoms with van der Waals surface area (Å²) in [7, 11) is 1.58. The van der Waals surface area contributed by atoms with Crippen LogP contribution >= 0.6 is 0 Å². The highest BCUT2D eigenvalue weighted by Gasteiger charge is 2.44. The third-order valence-corrected chi connectivity index (χ3v) is 10.0. The number of carboxylic acid groups (broad SMARTS) is 1. The SMILES string of the molecule is COc1ccc2c(O[C@@H]3C[C@H]4C(=O)N[C@@H](C(=O)O)CCCCCCCOc5cccc(c5)C[C@@H](NC(=O)OC(C)(C)C)C(=O)N4C3)cc(-c3ccccc3)nc2c1. The lowest BCUT2D eigenvalue weighted by Gasteiger charge is -2.30. The Morgan fingerprint density at radius 3 is 2.47 bits per heavy atom. The summed E-state index contributed by atoms with van der Waals surface area (Å²) in [5.41, 5.74) is 2.03. The number of amides is 3. The van der Waals surface area contributed by atoms with Crippen LogP contribution in [0.5, 0.6) is 17.2 Å². The van der Waals surface area contributed by atoms with Gasteiger partial charge in [0.1, 0.15) is 47.1 Å². The molecule has 3 aromatic carbocycles. The lowest BCUT2D eigenvalue weighted by Crippen LogP contribution is -2.56. The summed E-state index contributed by atoms with van der Waals surface area (Å²) < 4.78 is 23.8. The van der Waals surface area contributed by atoms with Crippen LogP contribution in [0.2, 0.25) is 0 Å². The van der Waals surface area contributed by atoms with E-state index in [9.17, 15) is 24.3 Å². The zero-order valence-electron chi connectivity index (χ0n) is 33.0. The quantitative estimate of drug-likeness (QED) is 0.192. The summed E-state index contributed by atoms with van der Waals surface area (Å²) in [4.78, 5) is 60.9. The molecule has 1 fully saturated rings. The maximum atomic E-state index is 14.8. The van der Waals surface area contributed by atoms with Gasteiger partial charge < -0.3 is 39.6 Å². The molecule has 1 aromatic heterocycles. The fourth-order valence-electron chi connectivity index (χ4n) is 7.26. The fourth-order valence-corrected chi connectivity index (χ4v) is 7.26. The second kappa shape index (κ2) is 18.4. The van der Waals surface area contributed by atoms with Crippen molar-refractivity contribution in [2.75, 3.05) is 20.3 Å². The Morgan fingerprint density at radius 1 is 0.947 bits per heavy atom. The predicted octanol–water partition coefficient (Wildman–Crippen LogP) is 6.70. The number of pyridine rings is 1. The Morgan fingerprint density at radius 2 is 1.72 bits per heavy atom. The van der Waals surface area contributed by atoms with Crippen molar-refractivity contribution in [1.29, 1.82) is 0 Å². The van der Waals surface area contributed by atoms with E-state index < -0.39 is 53.7 Å². The van der Waals surface area contributed by atoms with E-state index >= 15 is 0 Å². The van der Waals surface area contributed by atoms with Gasteiger partial charge >= 0.3 is 12.1 Å². The molecule has 0 aliphatic carbocycles. The molecule has 3 heterocycles. The first-order chi connectivity index (χ1) is 27.4. The number of alkyl carbamates (subject to hydrolysis) is 1. The number of benzene rings is 3. The number of carbonyl (C=O) groups excluding carboxylic acids is 3. The standard InChI is InChI=1S/C44H52N4O9/c1-44(2,3)57-43(53)47-37-23-28-14-13-17-31(22-28)55-21-12-7-5-6-11-18-34(42(51)52)46-40(49)38-25-32(27-48(38)41(37)50)56-39-26-35(29-15-9-8-10-16-29)45-36-24-30(54-4)19-20-33(36)39/h8-10,13-17,19-20,22,24,26,32,34,37-38H,5-7,11-12,18,21,23,25,27H2,1-4H3,(H,46,49)(H,47,53)(H,51,52)/t32-,34-,37-,38+/m1/s1. The van der Waals surface area contributed by atoms with Crippen LogP contribution in [0.15, 0.2) is 78.9 Å². The minimum atomic E-state index is -1.15. The van der Waals surface area contributed by atoms with Crippen LogP contribution in [0.3, 0.4) is 0 Å². The minimum Gasteiger partial charge on any atom is -0.497 e. The van der Waals surface area contributed by atoms with Gasteiger partial charge in [0.2, 0.25) is 11.8 Å². The van der Waals surface area contributed by atoms with Gasteiger partial charge in [-0.25, -0.2) is 14.6 Å². The maximum absolute atomic E-state index is 14.8. The molecule has 0 saturated carbocycles. The smallest absolute Gasteiger partial charge is 0.408 e. The molecule has 2 aliphatic heterocycles. The molecule has 2 bridgehead atoms. The van der Waals surface area contributed by atoms with Crippen molar-refractivity contribution in [2.45, 2.75) is 102 Å². The van der Waals surface area contributed by atoms with Crippen LogP contribution in [-0.2, 0) is 25.5 Å². The number of methoxy groups -OCH3 is 1. The van der Waals surface area contributed by atoms with Gasteiger partial charge in [-0.3, -0.25) is 9.59 Å². The molecule has 1 saturated heterocycles. The minimum absolute atomic E-state index is 0.0229. The van der Waals surface area contributed by atoms with Crippen molar-refractivity contribution < 1.29 is 43.2 Å². The van der Waals surface area contributed by atoms with Gasteiger partial charge in [-0.1, -0.05) is 68.1 Å².